The molecule has 0 amide bonds. The first-order valence-corrected chi connectivity index (χ1v) is 10.2. The molecule has 0 aliphatic carbocycles. The van der Waals surface area contributed by atoms with Gasteiger partial charge in [0.15, 0.2) is 0 Å². The van der Waals surface area contributed by atoms with E-state index in [0.29, 0.717) is 15.1 Å². The van der Waals surface area contributed by atoms with Gasteiger partial charge >= 0.3 is 5.69 Å². The number of para-hydroxylation sites is 2. The summed E-state index contributed by atoms with van der Waals surface area (Å²) in [5, 5.41) is 10.8. The number of non-ortho nitro benzene ring substituents is 1. The van der Waals surface area contributed by atoms with E-state index < -0.39 is 26.5 Å². The Labute approximate surface area is 169 Å². The van der Waals surface area contributed by atoms with Crippen LogP contribution in [0.1, 0.15) is 5.56 Å². The van der Waals surface area contributed by atoms with Crippen LogP contribution in [-0.4, -0.2) is 21.9 Å². The Morgan fingerprint density at radius 2 is 1.50 bits per heavy atom. The highest BCUT2D eigenvalue weighted by molar-refractivity contribution is 7.90. The van der Waals surface area contributed by atoms with Crippen LogP contribution in [0.4, 0.5) is 10.1 Å². The van der Waals surface area contributed by atoms with E-state index in [4.69, 9.17) is 0 Å². The molecule has 1 heterocycles. The van der Waals surface area contributed by atoms with Crippen molar-refractivity contribution in [2.75, 3.05) is 0 Å². The number of aromatic nitrogens is 2. The van der Waals surface area contributed by atoms with Gasteiger partial charge in [0.05, 0.1) is 27.4 Å². The normalized spacial score (nSPS) is 11.6. The highest BCUT2D eigenvalue weighted by atomic mass is 32.2. The summed E-state index contributed by atoms with van der Waals surface area (Å²) in [5.74, 6) is -0.595. The topological polar surface area (TPSA) is 104 Å². The minimum atomic E-state index is -4.28. The lowest BCUT2D eigenvalue weighted by atomic mass is 10.2. The summed E-state index contributed by atoms with van der Waals surface area (Å²) in [6.45, 7) is 0.0171. The molecule has 0 fully saturated rings. The van der Waals surface area contributed by atoms with E-state index >= 15 is 0 Å². The number of halogens is 1. The molecule has 1 aromatic heterocycles. The number of fused-ring (bicyclic) bond motifs is 1. The van der Waals surface area contributed by atoms with E-state index in [1.54, 1.807) is 18.2 Å². The molecule has 8 nitrogen and oxygen atoms in total. The Kier molecular flexibility index (Phi) is 4.70. The molecule has 0 saturated carbocycles. The van der Waals surface area contributed by atoms with Crippen molar-refractivity contribution in [1.29, 1.82) is 0 Å². The van der Waals surface area contributed by atoms with Gasteiger partial charge in [-0.3, -0.25) is 14.7 Å². The maximum absolute atomic E-state index is 13.2. The summed E-state index contributed by atoms with van der Waals surface area (Å²) in [5.41, 5.74) is 0.261. The zero-order valence-electron chi connectivity index (χ0n) is 15.3. The molecule has 0 bridgehead atoms. The zero-order chi connectivity index (χ0) is 21.5. The number of benzene rings is 3. The molecule has 0 aliphatic heterocycles. The van der Waals surface area contributed by atoms with Gasteiger partial charge in [-0.15, -0.1) is 0 Å². The molecule has 0 radical (unpaired) electrons. The number of hydrogen-bond donors (Lipinski definition) is 0. The molecule has 30 heavy (non-hydrogen) atoms. The summed E-state index contributed by atoms with van der Waals surface area (Å²) in [4.78, 5) is 23.2. The van der Waals surface area contributed by atoms with Crippen LogP contribution in [0.2, 0.25) is 0 Å². The van der Waals surface area contributed by atoms with Crippen LogP contribution in [0.3, 0.4) is 0 Å². The molecule has 0 aliphatic rings. The average Bonchev–Trinajstić information content (AvgIpc) is 3.01. The van der Waals surface area contributed by atoms with Crippen molar-refractivity contribution in [3.63, 3.8) is 0 Å². The van der Waals surface area contributed by atoms with Crippen LogP contribution in [0.15, 0.2) is 82.5 Å². The molecule has 4 rings (SSSR count). The van der Waals surface area contributed by atoms with E-state index in [0.717, 1.165) is 24.3 Å². The van der Waals surface area contributed by atoms with Gasteiger partial charge in [-0.1, -0.05) is 24.3 Å². The van der Waals surface area contributed by atoms with Crippen LogP contribution < -0.4 is 5.69 Å². The number of imidazole rings is 1. The fourth-order valence-corrected chi connectivity index (χ4v) is 4.59. The lowest BCUT2D eigenvalue weighted by Crippen LogP contribution is -2.29. The standard InChI is InChI=1S/C20H14FN3O5S/c21-15-7-11-17(12-8-15)30(28,29)23-19-4-2-1-3-18(19)22(20(23)25)13-14-5-9-16(10-6-14)24(26)27/h1-12H,13H2. The SMILES string of the molecule is O=c1n(Cc2ccc([N+](=O)[O-])cc2)c2ccccc2n1S(=O)(=O)c1ccc(F)cc1. The van der Waals surface area contributed by atoms with Crippen molar-refractivity contribution in [3.05, 3.63) is 105 Å². The molecule has 0 spiro atoms. The second kappa shape index (κ2) is 7.23. The van der Waals surface area contributed by atoms with Gasteiger partial charge < -0.3 is 0 Å². The number of nitro benzene ring substituents is 1. The van der Waals surface area contributed by atoms with Crippen LogP contribution in [0.25, 0.3) is 11.0 Å². The van der Waals surface area contributed by atoms with Crippen LogP contribution in [-0.2, 0) is 16.6 Å². The van der Waals surface area contributed by atoms with E-state index in [1.807, 2.05) is 0 Å². The van der Waals surface area contributed by atoms with Gasteiger partial charge in [0.25, 0.3) is 15.7 Å². The molecule has 0 N–H and O–H groups in total. The van der Waals surface area contributed by atoms with E-state index in [-0.39, 0.29) is 22.6 Å². The first kappa shape index (κ1) is 19.5. The Balaban J connectivity index is 1.87. The zero-order valence-corrected chi connectivity index (χ0v) is 16.1. The van der Waals surface area contributed by atoms with Crippen molar-refractivity contribution in [2.24, 2.45) is 0 Å². The first-order valence-electron chi connectivity index (χ1n) is 8.74. The third-order valence-corrected chi connectivity index (χ3v) is 6.34. The van der Waals surface area contributed by atoms with Gasteiger partial charge in [0.1, 0.15) is 5.82 Å². The summed E-state index contributed by atoms with van der Waals surface area (Å²) < 4.78 is 41.4. The summed E-state index contributed by atoms with van der Waals surface area (Å²) in [6.07, 6.45) is 0. The summed E-state index contributed by atoms with van der Waals surface area (Å²) in [6, 6.07) is 16.2. The van der Waals surface area contributed by atoms with Crippen LogP contribution in [0, 0.1) is 15.9 Å². The lowest BCUT2D eigenvalue weighted by molar-refractivity contribution is -0.384. The molecule has 0 saturated heterocycles. The monoisotopic (exact) mass is 427 g/mol. The smallest absolute Gasteiger partial charge is 0.287 e. The van der Waals surface area contributed by atoms with Crippen molar-refractivity contribution >= 4 is 26.7 Å². The Hall–Kier alpha value is -3.79. The number of nitrogens with zero attached hydrogens (tertiary/aromatic N) is 3. The predicted molar refractivity (Wildman–Crippen MR) is 107 cm³/mol. The summed E-state index contributed by atoms with van der Waals surface area (Å²) >= 11 is 0. The highest BCUT2D eigenvalue weighted by Gasteiger charge is 2.25. The van der Waals surface area contributed by atoms with Crippen molar-refractivity contribution in [3.8, 4) is 0 Å². The maximum atomic E-state index is 13.2. The largest absolute Gasteiger partial charge is 0.343 e. The summed E-state index contributed by atoms with van der Waals surface area (Å²) in [7, 11) is -4.28. The van der Waals surface area contributed by atoms with E-state index in [1.165, 1.54) is 34.9 Å². The van der Waals surface area contributed by atoms with Crippen molar-refractivity contribution in [2.45, 2.75) is 11.4 Å². The van der Waals surface area contributed by atoms with Crippen molar-refractivity contribution in [1.82, 2.24) is 8.54 Å². The Bertz CT molecular complexity index is 1420. The fraction of sp³-hybridized carbons (Fsp3) is 0.0500. The fourth-order valence-electron chi connectivity index (χ4n) is 3.18. The molecular formula is C20H14FN3O5S. The third-order valence-electron chi connectivity index (χ3n) is 4.64. The second-order valence-corrected chi connectivity index (χ2v) is 8.29. The molecule has 4 aromatic rings. The number of rotatable bonds is 5. The minimum Gasteiger partial charge on any atom is -0.287 e. The average molecular weight is 427 g/mol. The van der Waals surface area contributed by atoms with Crippen molar-refractivity contribution < 1.29 is 17.7 Å². The predicted octanol–water partition coefficient (Wildman–Crippen LogP) is 3.14. The van der Waals surface area contributed by atoms with E-state index in [2.05, 4.69) is 0 Å². The quantitative estimate of drug-likeness (QED) is 0.359. The van der Waals surface area contributed by atoms with Gasteiger partial charge in [-0.2, -0.15) is 3.97 Å². The Morgan fingerprint density at radius 3 is 2.10 bits per heavy atom. The van der Waals surface area contributed by atoms with Gasteiger partial charge in [-0.05, 0) is 42.0 Å². The molecule has 0 atom stereocenters. The molecular weight excluding hydrogens is 413 g/mol. The number of nitro groups is 1. The minimum absolute atomic E-state index is 0.0171. The van der Waals surface area contributed by atoms with E-state index in [9.17, 15) is 27.7 Å². The first-order chi connectivity index (χ1) is 14.3. The van der Waals surface area contributed by atoms with Gasteiger partial charge in [0, 0.05) is 12.1 Å². The number of hydrogen-bond acceptors (Lipinski definition) is 5. The molecule has 0 unspecified atom stereocenters. The maximum Gasteiger partial charge on any atom is 0.343 e. The van der Waals surface area contributed by atoms with Crippen LogP contribution >= 0.6 is 0 Å². The Morgan fingerprint density at radius 1 is 0.900 bits per heavy atom. The van der Waals surface area contributed by atoms with Gasteiger partial charge in [0.2, 0.25) is 0 Å². The molecule has 152 valence electrons. The highest BCUT2D eigenvalue weighted by Crippen LogP contribution is 2.21. The molecule has 3 aromatic carbocycles. The second-order valence-electron chi connectivity index (χ2n) is 6.50. The lowest BCUT2D eigenvalue weighted by Gasteiger charge is -2.06. The molecule has 10 heteroatoms. The van der Waals surface area contributed by atoms with Gasteiger partial charge in [-0.25, -0.2) is 17.6 Å². The van der Waals surface area contributed by atoms with Crippen LogP contribution in [0.5, 0.6) is 0 Å². The third kappa shape index (κ3) is 3.26.